The smallest absolute Gasteiger partial charge is 0.222 e. The standard InChI is InChI=1S/C15H23FN2O/c1-11-9-12(5-6-13(11)16)10-18(4)14(19)7-8-15(2,3)17/h5-6,9H,7-8,10,17H2,1-4H3. The third-order valence-corrected chi connectivity index (χ3v) is 3.05. The Morgan fingerprint density at radius 2 is 2.05 bits per heavy atom. The van der Waals surface area contributed by atoms with E-state index in [0.717, 1.165) is 5.56 Å². The van der Waals surface area contributed by atoms with Crippen LogP contribution in [0.15, 0.2) is 18.2 Å². The van der Waals surface area contributed by atoms with Crippen molar-refractivity contribution < 1.29 is 9.18 Å². The number of nitrogens with two attached hydrogens (primary N) is 1. The normalized spacial score (nSPS) is 11.5. The molecule has 0 aromatic heterocycles. The van der Waals surface area contributed by atoms with Gasteiger partial charge in [-0.1, -0.05) is 12.1 Å². The average molecular weight is 266 g/mol. The molecule has 1 aromatic rings. The Morgan fingerprint density at radius 1 is 1.42 bits per heavy atom. The first-order chi connectivity index (χ1) is 8.69. The number of aryl methyl sites for hydroxylation is 1. The van der Waals surface area contributed by atoms with Gasteiger partial charge in [0.25, 0.3) is 0 Å². The van der Waals surface area contributed by atoms with E-state index in [2.05, 4.69) is 0 Å². The third kappa shape index (κ3) is 5.39. The lowest BCUT2D eigenvalue weighted by Gasteiger charge is -2.21. The molecule has 0 spiro atoms. The molecule has 0 aliphatic rings. The fourth-order valence-corrected chi connectivity index (χ4v) is 1.79. The van der Waals surface area contributed by atoms with E-state index in [1.165, 1.54) is 6.07 Å². The zero-order valence-corrected chi connectivity index (χ0v) is 12.2. The van der Waals surface area contributed by atoms with Crippen LogP contribution in [0.25, 0.3) is 0 Å². The number of hydrogen-bond donors (Lipinski definition) is 1. The Balaban J connectivity index is 2.56. The molecule has 4 heteroatoms. The number of hydrogen-bond acceptors (Lipinski definition) is 2. The van der Waals surface area contributed by atoms with Gasteiger partial charge in [0.2, 0.25) is 5.91 Å². The Labute approximate surface area is 114 Å². The van der Waals surface area contributed by atoms with Gasteiger partial charge in [0.05, 0.1) is 0 Å². The molecule has 0 radical (unpaired) electrons. The average Bonchev–Trinajstić information content (AvgIpc) is 2.29. The maximum Gasteiger partial charge on any atom is 0.222 e. The number of halogens is 1. The zero-order valence-electron chi connectivity index (χ0n) is 12.2. The quantitative estimate of drug-likeness (QED) is 0.890. The summed E-state index contributed by atoms with van der Waals surface area (Å²) >= 11 is 0. The number of carbonyl (C=O) groups excluding carboxylic acids is 1. The molecule has 0 atom stereocenters. The van der Waals surface area contributed by atoms with Gasteiger partial charge in [0, 0.05) is 25.6 Å². The van der Waals surface area contributed by atoms with Crippen molar-refractivity contribution in [3.63, 3.8) is 0 Å². The Bertz CT molecular complexity index is 452. The van der Waals surface area contributed by atoms with Crippen LogP contribution in [0.5, 0.6) is 0 Å². The molecular formula is C15H23FN2O. The highest BCUT2D eigenvalue weighted by molar-refractivity contribution is 5.75. The first kappa shape index (κ1) is 15.6. The molecule has 3 nitrogen and oxygen atoms in total. The second-order valence-electron chi connectivity index (χ2n) is 5.82. The van der Waals surface area contributed by atoms with Crippen molar-refractivity contribution in [1.29, 1.82) is 0 Å². The minimum absolute atomic E-state index is 0.0560. The SMILES string of the molecule is Cc1cc(CN(C)C(=O)CCC(C)(C)N)ccc1F. The number of amides is 1. The minimum atomic E-state index is -0.330. The molecule has 0 aliphatic heterocycles. The van der Waals surface area contributed by atoms with Crippen molar-refractivity contribution in [2.75, 3.05) is 7.05 Å². The second-order valence-corrected chi connectivity index (χ2v) is 5.82. The summed E-state index contributed by atoms with van der Waals surface area (Å²) in [6, 6.07) is 4.91. The van der Waals surface area contributed by atoms with E-state index in [4.69, 9.17) is 5.73 Å². The van der Waals surface area contributed by atoms with Crippen LogP contribution in [0.1, 0.15) is 37.8 Å². The lowest BCUT2D eigenvalue weighted by atomic mass is 10.00. The van der Waals surface area contributed by atoms with Crippen LogP contribution in [0.2, 0.25) is 0 Å². The summed E-state index contributed by atoms with van der Waals surface area (Å²) in [4.78, 5) is 13.6. The highest BCUT2D eigenvalue weighted by atomic mass is 19.1. The van der Waals surface area contributed by atoms with Crippen molar-refractivity contribution in [2.24, 2.45) is 5.73 Å². The fraction of sp³-hybridized carbons (Fsp3) is 0.533. The van der Waals surface area contributed by atoms with Crippen LogP contribution in [0.4, 0.5) is 4.39 Å². The van der Waals surface area contributed by atoms with Gasteiger partial charge in [-0.05, 0) is 44.4 Å². The highest BCUT2D eigenvalue weighted by Gasteiger charge is 2.16. The molecule has 0 saturated heterocycles. The summed E-state index contributed by atoms with van der Waals surface area (Å²) < 4.78 is 13.2. The zero-order chi connectivity index (χ0) is 14.6. The van der Waals surface area contributed by atoms with E-state index in [1.807, 2.05) is 13.8 Å². The lowest BCUT2D eigenvalue weighted by Crippen LogP contribution is -2.34. The van der Waals surface area contributed by atoms with Gasteiger partial charge in [-0.3, -0.25) is 4.79 Å². The van der Waals surface area contributed by atoms with Crippen LogP contribution in [0.3, 0.4) is 0 Å². The summed E-state index contributed by atoms with van der Waals surface area (Å²) in [6.45, 7) is 6.02. The topological polar surface area (TPSA) is 46.3 Å². The van der Waals surface area contributed by atoms with Crippen LogP contribution in [-0.4, -0.2) is 23.4 Å². The van der Waals surface area contributed by atoms with Crippen LogP contribution >= 0.6 is 0 Å². The molecule has 2 N–H and O–H groups in total. The third-order valence-electron chi connectivity index (χ3n) is 3.05. The van der Waals surface area contributed by atoms with E-state index in [9.17, 15) is 9.18 Å². The highest BCUT2D eigenvalue weighted by Crippen LogP contribution is 2.13. The maximum atomic E-state index is 13.2. The number of rotatable bonds is 5. The van der Waals surface area contributed by atoms with Gasteiger partial charge in [0.1, 0.15) is 5.82 Å². The fourth-order valence-electron chi connectivity index (χ4n) is 1.79. The largest absolute Gasteiger partial charge is 0.341 e. The molecule has 0 bridgehead atoms. The first-order valence-electron chi connectivity index (χ1n) is 6.47. The second kappa shape index (κ2) is 6.15. The van der Waals surface area contributed by atoms with Crippen LogP contribution in [0, 0.1) is 12.7 Å². The van der Waals surface area contributed by atoms with Gasteiger partial charge in [-0.15, -0.1) is 0 Å². The molecule has 0 heterocycles. The lowest BCUT2D eigenvalue weighted by molar-refractivity contribution is -0.130. The summed E-state index contributed by atoms with van der Waals surface area (Å²) in [6.07, 6.45) is 1.08. The Kier molecular flexibility index (Phi) is 5.06. The summed E-state index contributed by atoms with van der Waals surface area (Å²) in [5.74, 6) is -0.164. The molecule has 106 valence electrons. The van der Waals surface area contributed by atoms with Crippen molar-refractivity contribution in [3.8, 4) is 0 Å². The summed E-state index contributed by atoms with van der Waals surface area (Å²) in [5.41, 5.74) is 7.06. The summed E-state index contributed by atoms with van der Waals surface area (Å²) in [7, 11) is 1.75. The molecular weight excluding hydrogens is 243 g/mol. The van der Waals surface area contributed by atoms with E-state index in [0.29, 0.717) is 24.9 Å². The molecule has 1 amide bonds. The van der Waals surface area contributed by atoms with Gasteiger partial charge in [-0.2, -0.15) is 0 Å². The maximum absolute atomic E-state index is 13.2. The van der Waals surface area contributed by atoms with Gasteiger partial charge in [-0.25, -0.2) is 4.39 Å². The molecule has 0 fully saturated rings. The Morgan fingerprint density at radius 3 is 2.58 bits per heavy atom. The van der Waals surface area contributed by atoms with Crippen LogP contribution in [-0.2, 0) is 11.3 Å². The predicted molar refractivity (Wildman–Crippen MR) is 75.1 cm³/mol. The Hall–Kier alpha value is -1.42. The summed E-state index contributed by atoms with van der Waals surface area (Å²) in [5, 5.41) is 0. The van der Waals surface area contributed by atoms with E-state index in [-0.39, 0.29) is 17.3 Å². The molecule has 0 saturated carbocycles. The number of carbonyl (C=O) groups is 1. The molecule has 19 heavy (non-hydrogen) atoms. The van der Waals surface area contributed by atoms with Crippen molar-refractivity contribution in [2.45, 2.75) is 45.7 Å². The van der Waals surface area contributed by atoms with E-state index in [1.54, 1.807) is 31.0 Å². The van der Waals surface area contributed by atoms with E-state index < -0.39 is 0 Å². The van der Waals surface area contributed by atoms with Gasteiger partial charge < -0.3 is 10.6 Å². The van der Waals surface area contributed by atoms with Crippen molar-refractivity contribution >= 4 is 5.91 Å². The first-order valence-corrected chi connectivity index (χ1v) is 6.47. The minimum Gasteiger partial charge on any atom is -0.341 e. The molecule has 1 rings (SSSR count). The number of nitrogens with zero attached hydrogens (tertiary/aromatic N) is 1. The molecule has 0 unspecified atom stereocenters. The van der Waals surface area contributed by atoms with E-state index >= 15 is 0 Å². The van der Waals surface area contributed by atoms with Crippen molar-refractivity contribution in [3.05, 3.63) is 35.1 Å². The molecule has 0 aliphatic carbocycles. The monoisotopic (exact) mass is 266 g/mol. The molecule has 1 aromatic carbocycles. The number of benzene rings is 1. The van der Waals surface area contributed by atoms with Gasteiger partial charge in [0.15, 0.2) is 0 Å². The van der Waals surface area contributed by atoms with Gasteiger partial charge >= 0.3 is 0 Å². The van der Waals surface area contributed by atoms with Crippen LogP contribution < -0.4 is 5.73 Å². The predicted octanol–water partition coefficient (Wildman–Crippen LogP) is 2.61. The van der Waals surface area contributed by atoms with Crippen molar-refractivity contribution in [1.82, 2.24) is 4.90 Å².